The molecule has 19 heavy (non-hydrogen) atoms. The van der Waals surface area contributed by atoms with Crippen LogP contribution in [0.3, 0.4) is 0 Å². The third-order valence-electron chi connectivity index (χ3n) is 3.13. The molecule has 1 unspecified atom stereocenters. The number of nitrogens with two attached hydrogens (primary N) is 1. The molecule has 1 aromatic carbocycles. The maximum atomic E-state index is 6.24. The van der Waals surface area contributed by atoms with E-state index in [1.807, 2.05) is 30.8 Å². The minimum Gasteiger partial charge on any atom is -0.327 e. The molecule has 5 heteroatoms. The lowest BCUT2D eigenvalue weighted by molar-refractivity contribution is 0.612. The first kappa shape index (κ1) is 14.6. The Kier molecular flexibility index (Phi) is 4.66. The van der Waals surface area contributed by atoms with Crippen LogP contribution in [-0.4, -0.2) is 15.8 Å². The van der Waals surface area contributed by atoms with E-state index in [9.17, 15) is 0 Å². The number of benzene rings is 1. The Labute approximate surface area is 126 Å². The van der Waals surface area contributed by atoms with Crippen LogP contribution in [0.5, 0.6) is 0 Å². The summed E-state index contributed by atoms with van der Waals surface area (Å²) in [5, 5.41) is 5.04. The number of hydrogen-bond acceptors (Lipinski definition) is 2. The van der Waals surface area contributed by atoms with E-state index in [0.717, 1.165) is 33.7 Å². The summed E-state index contributed by atoms with van der Waals surface area (Å²) in [6, 6.07) is 8.26. The molecule has 0 saturated heterocycles. The van der Waals surface area contributed by atoms with Crippen LogP contribution < -0.4 is 5.73 Å². The second-order valence-electron chi connectivity index (χ2n) is 4.76. The molecule has 0 saturated carbocycles. The molecule has 3 nitrogen and oxygen atoms in total. The Hall–Kier alpha value is -0.840. The van der Waals surface area contributed by atoms with Gasteiger partial charge in [-0.15, -0.1) is 0 Å². The van der Waals surface area contributed by atoms with Crippen molar-refractivity contribution >= 4 is 27.5 Å². The van der Waals surface area contributed by atoms with Crippen molar-refractivity contribution in [3.63, 3.8) is 0 Å². The molecule has 1 atom stereocenters. The van der Waals surface area contributed by atoms with Crippen LogP contribution in [0.15, 0.2) is 28.7 Å². The van der Waals surface area contributed by atoms with Gasteiger partial charge in [0.15, 0.2) is 0 Å². The number of aryl methyl sites for hydroxylation is 2. The minimum atomic E-state index is 0.0356. The van der Waals surface area contributed by atoms with E-state index in [4.69, 9.17) is 17.3 Å². The van der Waals surface area contributed by atoms with E-state index in [1.54, 1.807) is 0 Å². The van der Waals surface area contributed by atoms with E-state index in [2.05, 4.69) is 33.2 Å². The lowest BCUT2D eigenvalue weighted by Gasteiger charge is -2.12. The van der Waals surface area contributed by atoms with Crippen LogP contribution in [-0.2, 0) is 19.9 Å². The molecule has 0 bridgehead atoms. The summed E-state index contributed by atoms with van der Waals surface area (Å²) in [4.78, 5) is 0. The zero-order chi connectivity index (χ0) is 14.0. The standard InChI is InChI=1S/C14H17BrClN3/c1-9-14(16)13(19(2)18-9)8-12(17)7-10-3-5-11(15)6-4-10/h3-6,12H,7-8,17H2,1-2H3. The first-order valence-electron chi connectivity index (χ1n) is 6.15. The van der Waals surface area contributed by atoms with Gasteiger partial charge in [0.25, 0.3) is 0 Å². The van der Waals surface area contributed by atoms with Crippen LogP contribution in [0.4, 0.5) is 0 Å². The Morgan fingerprint density at radius 1 is 1.32 bits per heavy atom. The lowest BCUT2D eigenvalue weighted by atomic mass is 10.0. The number of halogens is 2. The van der Waals surface area contributed by atoms with Crippen LogP contribution in [0.1, 0.15) is 17.0 Å². The van der Waals surface area contributed by atoms with Crippen molar-refractivity contribution in [3.05, 3.63) is 50.7 Å². The van der Waals surface area contributed by atoms with Gasteiger partial charge in [0.2, 0.25) is 0 Å². The van der Waals surface area contributed by atoms with Crippen LogP contribution in [0.25, 0.3) is 0 Å². The van der Waals surface area contributed by atoms with E-state index < -0.39 is 0 Å². The van der Waals surface area contributed by atoms with Crippen LogP contribution in [0, 0.1) is 6.92 Å². The number of nitrogens with zero attached hydrogens (tertiary/aromatic N) is 2. The summed E-state index contributed by atoms with van der Waals surface area (Å²) >= 11 is 9.66. The van der Waals surface area contributed by atoms with E-state index in [1.165, 1.54) is 5.56 Å². The topological polar surface area (TPSA) is 43.8 Å². The van der Waals surface area contributed by atoms with Crippen LogP contribution in [0.2, 0.25) is 5.02 Å². The molecule has 0 spiro atoms. The zero-order valence-electron chi connectivity index (χ0n) is 11.0. The molecule has 0 amide bonds. The Morgan fingerprint density at radius 3 is 2.47 bits per heavy atom. The highest BCUT2D eigenvalue weighted by Gasteiger charge is 2.14. The van der Waals surface area contributed by atoms with Gasteiger partial charge >= 0.3 is 0 Å². The number of hydrogen-bond donors (Lipinski definition) is 1. The lowest BCUT2D eigenvalue weighted by Crippen LogP contribution is -2.26. The predicted octanol–water partition coefficient (Wildman–Crippen LogP) is 3.26. The van der Waals surface area contributed by atoms with Gasteiger partial charge < -0.3 is 5.73 Å². The fourth-order valence-corrected chi connectivity index (χ4v) is 2.65. The second kappa shape index (κ2) is 6.07. The fraction of sp³-hybridized carbons (Fsp3) is 0.357. The molecule has 0 radical (unpaired) electrons. The Bertz CT molecular complexity index is 563. The molecular formula is C14H17BrClN3. The molecule has 0 fully saturated rings. The van der Waals surface area contributed by atoms with Gasteiger partial charge in [0, 0.05) is 24.0 Å². The molecule has 2 aromatic rings. The van der Waals surface area contributed by atoms with Gasteiger partial charge in [-0.25, -0.2) is 0 Å². The highest BCUT2D eigenvalue weighted by atomic mass is 79.9. The van der Waals surface area contributed by atoms with Gasteiger partial charge in [-0.3, -0.25) is 4.68 Å². The van der Waals surface area contributed by atoms with Crippen molar-refractivity contribution in [1.29, 1.82) is 0 Å². The molecule has 1 heterocycles. The van der Waals surface area contributed by atoms with Crippen molar-refractivity contribution in [2.45, 2.75) is 25.8 Å². The first-order valence-corrected chi connectivity index (χ1v) is 7.32. The summed E-state index contributed by atoms with van der Waals surface area (Å²) in [7, 11) is 1.90. The average molecular weight is 343 g/mol. The highest BCUT2D eigenvalue weighted by molar-refractivity contribution is 9.10. The average Bonchev–Trinajstić information content (AvgIpc) is 2.59. The largest absolute Gasteiger partial charge is 0.327 e. The summed E-state index contributed by atoms with van der Waals surface area (Å²) in [5.41, 5.74) is 9.30. The molecule has 0 aliphatic rings. The minimum absolute atomic E-state index is 0.0356. The summed E-state index contributed by atoms with van der Waals surface area (Å²) in [5.74, 6) is 0. The Morgan fingerprint density at radius 2 is 1.95 bits per heavy atom. The van der Waals surface area contributed by atoms with Gasteiger partial charge in [0.1, 0.15) is 0 Å². The Balaban J connectivity index is 2.05. The van der Waals surface area contributed by atoms with E-state index >= 15 is 0 Å². The quantitative estimate of drug-likeness (QED) is 0.927. The maximum absolute atomic E-state index is 6.24. The molecule has 0 aliphatic heterocycles. The van der Waals surface area contributed by atoms with E-state index in [-0.39, 0.29) is 6.04 Å². The molecule has 2 N–H and O–H groups in total. The summed E-state index contributed by atoms with van der Waals surface area (Å²) in [6.07, 6.45) is 1.56. The van der Waals surface area contributed by atoms with Gasteiger partial charge in [0.05, 0.1) is 16.4 Å². The molecule has 102 valence electrons. The third-order valence-corrected chi connectivity index (χ3v) is 4.15. The molecule has 1 aromatic heterocycles. The van der Waals surface area contributed by atoms with Gasteiger partial charge in [-0.1, -0.05) is 39.7 Å². The van der Waals surface area contributed by atoms with Crippen molar-refractivity contribution < 1.29 is 0 Å². The fourth-order valence-electron chi connectivity index (χ4n) is 2.15. The van der Waals surface area contributed by atoms with E-state index in [0.29, 0.717) is 0 Å². The van der Waals surface area contributed by atoms with Crippen LogP contribution >= 0.6 is 27.5 Å². The second-order valence-corrected chi connectivity index (χ2v) is 6.06. The number of rotatable bonds is 4. The molecule has 0 aliphatic carbocycles. The normalized spacial score (nSPS) is 12.7. The van der Waals surface area contributed by atoms with Crippen molar-refractivity contribution in [2.75, 3.05) is 0 Å². The SMILES string of the molecule is Cc1nn(C)c(CC(N)Cc2ccc(Br)cc2)c1Cl. The van der Waals surface area contributed by atoms with Gasteiger partial charge in [-0.05, 0) is 31.0 Å². The summed E-state index contributed by atoms with van der Waals surface area (Å²) < 4.78 is 2.90. The zero-order valence-corrected chi connectivity index (χ0v) is 13.4. The monoisotopic (exact) mass is 341 g/mol. The van der Waals surface area contributed by atoms with Crippen molar-refractivity contribution in [2.24, 2.45) is 12.8 Å². The smallest absolute Gasteiger partial charge is 0.0847 e. The van der Waals surface area contributed by atoms with Crippen molar-refractivity contribution in [1.82, 2.24) is 9.78 Å². The third kappa shape index (κ3) is 3.59. The first-order chi connectivity index (χ1) is 8.97. The highest BCUT2D eigenvalue weighted by Crippen LogP contribution is 2.21. The molecular weight excluding hydrogens is 326 g/mol. The van der Waals surface area contributed by atoms with Crippen molar-refractivity contribution in [3.8, 4) is 0 Å². The maximum Gasteiger partial charge on any atom is 0.0847 e. The summed E-state index contributed by atoms with van der Waals surface area (Å²) in [6.45, 7) is 1.91. The van der Waals surface area contributed by atoms with Gasteiger partial charge in [-0.2, -0.15) is 5.10 Å². The molecule has 2 rings (SSSR count). The number of aromatic nitrogens is 2. The predicted molar refractivity (Wildman–Crippen MR) is 82.5 cm³/mol.